The van der Waals surface area contributed by atoms with Crippen molar-refractivity contribution in [2.75, 3.05) is 11.9 Å². The Hall–Kier alpha value is -3.54. The Balaban J connectivity index is 1.47. The topological polar surface area (TPSA) is 70.7 Å². The summed E-state index contributed by atoms with van der Waals surface area (Å²) in [5.41, 5.74) is 4.04. The Morgan fingerprint density at radius 1 is 1.07 bits per heavy atom. The van der Waals surface area contributed by atoms with Gasteiger partial charge < -0.3 is 10.1 Å². The number of benzene rings is 3. The first-order valence-corrected chi connectivity index (χ1v) is 9.76. The predicted molar refractivity (Wildman–Crippen MR) is 113 cm³/mol. The van der Waals surface area contributed by atoms with Crippen LogP contribution in [0.3, 0.4) is 0 Å². The van der Waals surface area contributed by atoms with Crippen molar-refractivity contribution in [3.63, 3.8) is 0 Å². The fourth-order valence-electron chi connectivity index (χ4n) is 3.55. The van der Waals surface area contributed by atoms with Crippen LogP contribution in [0.5, 0.6) is 5.75 Å². The van der Waals surface area contributed by atoms with Crippen LogP contribution in [0.1, 0.15) is 30.1 Å². The number of hydrazine groups is 1. The molecule has 4 rings (SSSR count). The summed E-state index contributed by atoms with van der Waals surface area (Å²) in [7, 11) is 0. The first-order valence-electron chi connectivity index (χ1n) is 9.76. The van der Waals surface area contributed by atoms with Crippen LogP contribution in [0.15, 0.2) is 66.7 Å². The normalized spacial score (nSPS) is 15.6. The molecule has 0 spiro atoms. The highest BCUT2D eigenvalue weighted by atomic mass is 16.5. The second-order valence-corrected chi connectivity index (χ2v) is 6.97. The third-order valence-corrected chi connectivity index (χ3v) is 4.93. The van der Waals surface area contributed by atoms with Gasteiger partial charge in [0.2, 0.25) is 0 Å². The van der Waals surface area contributed by atoms with E-state index in [1.54, 1.807) is 6.07 Å². The van der Waals surface area contributed by atoms with E-state index in [1.165, 1.54) is 5.01 Å². The quantitative estimate of drug-likeness (QED) is 0.670. The summed E-state index contributed by atoms with van der Waals surface area (Å²) in [5, 5.41) is 6.69. The molecule has 2 N–H and O–H groups in total. The van der Waals surface area contributed by atoms with Crippen molar-refractivity contribution in [1.82, 2.24) is 10.4 Å². The van der Waals surface area contributed by atoms with Crippen molar-refractivity contribution < 1.29 is 14.3 Å². The van der Waals surface area contributed by atoms with Crippen molar-refractivity contribution in [3.05, 3.63) is 72.3 Å². The van der Waals surface area contributed by atoms with Gasteiger partial charge in [0.15, 0.2) is 6.61 Å². The third-order valence-electron chi connectivity index (χ3n) is 4.93. The van der Waals surface area contributed by atoms with Gasteiger partial charge in [-0.1, -0.05) is 61.9 Å². The molecule has 29 heavy (non-hydrogen) atoms. The highest BCUT2D eigenvalue weighted by molar-refractivity contribution is 6.02. The molecule has 1 atom stereocenters. The SMILES string of the molecule is CCCC1Nc2ccccc2C(=O)N1NC(=O)COc1cccc2ccccc12. The largest absolute Gasteiger partial charge is 0.483 e. The van der Waals surface area contributed by atoms with Crippen LogP contribution in [0.25, 0.3) is 10.8 Å². The van der Waals surface area contributed by atoms with Crippen molar-refractivity contribution >= 4 is 28.3 Å². The van der Waals surface area contributed by atoms with Gasteiger partial charge >= 0.3 is 0 Å². The molecule has 0 saturated heterocycles. The van der Waals surface area contributed by atoms with Gasteiger partial charge in [0.1, 0.15) is 11.9 Å². The summed E-state index contributed by atoms with van der Waals surface area (Å²) in [6, 6.07) is 20.9. The fraction of sp³-hybridized carbons (Fsp3) is 0.217. The fourth-order valence-corrected chi connectivity index (χ4v) is 3.55. The number of nitrogens with one attached hydrogen (secondary N) is 2. The van der Waals surface area contributed by atoms with Crippen LogP contribution >= 0.6 is 0 Å². The zero-order valence-electron chi connectivity index (χ0n) is 16.2. The first kappa shape index (κ1) is 18.8. The summed E-state index contributed by atoms with van der Waals surface area (Å²) in [6.45, 7) is 1.86. The standard InChI is InChI=1S/C23H23N3O3/c1-2-8-21-24-19-13-6-5-12-18(19)23(28)26(21)25-22(27)15-29-20-14-7-10-16-9-3-4-11-17(16)20/h3-7,9-14,21,24H,2,8,15H2,1H3,(H,25,27). The number of amides is 2. The lowest BCUT2D eigenvalue weighted by Crippen LogP contribution is -2.58. The van der Waals surface area contributed by atoms with Gasteiger partial charge in [-0.3, -0.25) is 15.0 Å². The van der Waals surface area contributed by atoms with E-state index in [1.807, 2.05) is 67.6 Å². The lowest BCUT2D eigenvalue weighted by atomic mass is 10.1. The number of nitrogens with zero attached hydrogens (tertiary/aromatic N) is 1. The van der Waals surface area contributed by atoms with Gasteiger partial charge in [-0.15, -0.1) is 0 Å². The molecule has 1 aliphatic rings. The molecule has 0 fully saturated rings. The number of ether oxygens (including phenoxy) is 1. The van der Waals surface area contributed by atoms with E-state index in [4.69, 9.17) is 4.74 Å². The summed E-state index contributed by atoms with van der Waals surface area (Å²) in [4.78, 5) is 25.5. The highest BCUT2D eigenvalue weighted by Gasteiger charge is 2.32. The zero-order valence-corrected chi connectivity index (χ0v) is 16.2. The van der Waals surface area contributed by atoms with E-state index >= 15 is 0 Å². The van der Waals surface area contributed by atoms with Gasteiger partial charge in [0, 0.05) is 11.1 Å². The van der Waals surface area contributed by atoms with E-state index in [9.17, 15) is 9.59 Å². The maximum absolute atomic E-state index is 12.9. The maximum atomic E-state index is 12.9. The number of carbonyl (C=O) groups is 2. The Bertz CT molecular complexity index is 1040. The van der Waals surface area contributed by atoms with Crippen molar-refractivity contribution in [2.45, 2.75) is 25.9 Å². The number of anilines is 1. The number of rotatable bonds is 6. The zero-order chi connectivity index (χ0) is 20.2. The predicted octanol–water partition coefficient (Wildman–Crippen LogP) is 3.94. The first-order chi connectivity index (χ1) is 14.2. The highest BCUT2D eigenvalue weighted by Crippen LogP contribution is 2.26. The van der Waals surface area contributed by atoms with Gasteiger partial charge in [0.25, 0.3) is 11.8 Å². The van der Waals surface area contributed by atoms with Crippen LogP contribution in [0, 0.1) is 0 Å². The van der Waals surface area contributed by atoms with Crippen molar-refractivity contribution in [1.29, 1.82) is 0 Å². The van der Waals surface area contributed by atoms with E-state index in [-0.39, 0.29) is 24.6 Å². The smallest absolute Gasteiger partial charge is 0.276 e. The molecule has 6 nitrogen and oxygen atoms in total. The average Bonchev–Trinajstić information content (AvgIpc) is 2.75. The van der Waals surface area contributed by atoms with Crippen LogP contribution in [-0.2, 0) is 4.79 Å². The maximum Gasteiger partial charge on any atom is 0.276 e. The van der Waals surface area contributed by atoms with Crippen LogP contribution in [0.4, 0.5) is 5.69 Å². The second-order valence-electron chi connectivity index (χ2n) is 6.97. The van der Waals surface area contributed by atoms with Gasteiger partial charge in [-0.25, -0.2) is 5.01 Å². The third kappa shape index (κ3) is 3.87. The molecule has 1 unspecified atom stereocenters. The Labute approximate surface area is 169 Å². The van der Waals surface area contributed by atoms with Crippen molar-refractivity contribution in [2.24, 2.45) is 0 Å². The molecule has 2 amide bonds. The monoisotopic (exact) mass is 389 g/mol. The molecule has 0 aromatic heterocycles. The average molecular weight is 389 g/mol. The second kappa shape index (κ2) is 8.22. The number of carbonyl (C=O) groups excluding carboxylic acids is 2. The molecule has 3 aromatic carbocycles. The minimum atomic E-state index is -0.381. The molecule has 0 saturated carbocycles. The van der Waals surface area contributed by atoms with Gasteiger partial charge in [-0.2, -0.15) is 0 Å². The Kier molecular flexibility index (Phi) is 5.33. The van der Waals surface area contributed by atoms with Gasteiger partial charge in [0.05, 0.1) is 5.56 Å². The van der Waals surface area contributed by atoms with Crippen molar-refractivity contribution in [3.8, 4) is 5.75 Å². The summed E-state index contributed by atoms with van der Waals surface area (Å²) < 4.78 is 5.75. The lowest BCUT2D eigenvalue weighted by Gasteiger charge is -2.37. The number of fused-ring (bicyclic) bond motifs is 2. The molecular formula is C23H23N3O3. The van der Waals surface area contributed by atoms with Crippen LogP contribution < -0.4 is 15.5 Å². The summed E-state index contributed by atoms with van der Waals surface area (Å²) in [5.74, 6) is 0.0293. The molecule has 0 radical (unpaired) electrons. The Morgan fingerprint density at radius 2 is 1.83 bits per heavy atom. The number of para-hydroxylation sites is 1. The molecule has 0 bridgehead atoms. The molecule has 1 aliphatic heterocycles. The molecule has 1 heterocycles. The number of hydrogen-bond acceptors (Lipinski definition) is 4. The molecule has 148 valence electrons. The van der Waals surface area contributed by atoms with Gasteiger partial charge in [-0.05, 0) is 30.0 Å². The molecular weight excluding hydrogens is 366 g/mol. The molecule has 3 aromatic rings. The van der Waals surface area contributed by atoms with E-state index < -0.39 is 0 Å². The van der Waals surface area contributed by atoms with E-state index in [2.05, 4.69) is 10.7 Å². The minimum Gasteiger partial charge on any atom is -0.483 e. The summed E-state index contributed by atoms with van der Waals surface area (Å²) >= 11 is 0. The lowest BCUT2D eigenvalue weighted by molar-refractivity contribution is -0.127. The van der Waals surface area contributed by atoms with E-state index in [0.29, 0.717) is 17.7 Å². The van der Waals surface area contributed by atoms with Crippen LogP contribution in [-0.4, -0.2) is 29.6 Å². The van der Waals surface area contributed by atoms with Crippen LogP contribution in [0.2, 0.25) is 0 Å². The minimum absolute atomic E-state index is 0.182. The Morgan fingerprint density at radius 3 is 2.69 bits per heavy atom. The van der Waals surface area contributed by atoms with E-state index in [0.717, 1.165) is 22.9 Å². The summed E-state index contributed by atoms with van der Waals surface area (Å²) in [6.07, 6.45) is 1.28. The molecule has 6 heteroatoms. The number of hydrogen-bond donors (Lipinski definition) is 2. The molecule has 0 aliphatic carbocycles.